The van der Waals surface area contributed by atoms with Crippen LogP contribution < -0.4 is 11.3 Å². The Bertz CT molecular complexity index is 394. The third kappa shape index (κ3) is 3.53. The molecule has 2 rings (SSSR count). The summed E-state index contributed by atoms with van der Waals surface area (Å²) in [7, 11) is 0. The normalized spacial score (nSPS) is 24.9. The molecule has 0 saturated carbocycles. The number of nitrogens with one attached hydrogen (secondary N) is 1. The van der Waals surface area contributed by atoms with Gasteiger partial charge in [-0.1, -0.05) is 38.1 Å². The van der Waals surface area contributed by atoms with Gasteiger partial charge in [0.1, 0.15) is 0 Å². The fourth-order valence-electron chi connectivity index (χ4n) is 2.80. The van der Waals surface area contributed by atoms with Gasteiger partial charge in [-0.25, -0.2) is 0 Å². The third-order valence-electron chi connectivity index (χ3n) is 4.27. The van der Waals surface area contributed by atoms with Crippen molar-refractivity contribution in [2.45, 2.75) is 56.7 Å². The molecule has 106 valence electrons. The van der Waals surface area contributed by atoms with Crippen molar-refractivity contribution >= 4 is 11.8 Å². The maximum Gasteiger partial charge on any atom is 0.0395 e. The lowest BCUT2D eigenvalue weighted by Crippen LogP contribution is -2.49. The molecule has 2 unspecified atom stereocenters. The van der Waals surface area contributed by atoms with E-state index in [0.717, 1.165) is 6.42 Å². The first-order valence-electron chi connectivity index (χ1n) is 7.24. The summed E-state index contributed by atoms with van der Waals surface area (Å²) >= 11 is 2.06. The first kappa shape index (κ1) is 14.9. The monoisotopic (exact) mass is 278 g/mol. The molecule has 3 heteroatoms. The van der Waals surface area contributed by atoms with E-state index in [9.17, 15) is 0 Å². The lowest BCUT2D eigenvalue weighted by Gasteiger charge is -2.33. The Kier molecular flexibility index (Phi) is 4.93. The van der Waals surface area contributed by atoms with Crippen molar-refractivity contribution in [1.29, 1.82) is 0 Å². The molecule has 1 aliphatic heterocycles. The van der Waals surface area contributed by atoms with Crippen LogP contribution in [0.5, 0.6) is 0 Å². The van der Waals surface area contributed by atoms with Gasteiger partial charge in [0, 0.05) is 10.8 Å². The second kappa shape index (κ2) is 6.29. The van der Waals surface area contributed by atoms with Gasteiger partial charge in [-0.3, -0.25) is 11.3 Å². The minimum atomic E-state index is 0.283. The van der Waals surface area contributed by atoms with E-state index in [1.807, 2.05) is 0 Å². The smallest absolute Gasteiger partial charge is 0.0395 e. The predicted octanol–water partition coefficient (Wildman–Crippen LogP) is 3.47. The highest BCUT2D eigenvalue weighted by atomic mass is 32.2. The van der Waals surface area contributed by atoms with Crippen LogP contribution in [0.3, 0.4) is 0 Å². The number of nitrogens with two attached hydrogens (primary N) is 1. The Morgan fingerprint density at radius 2 is 2.00 bits per heavy atom. The van der Waals surface area contributed by atoms with Crippen molar-refractivity contribution in [3.05, 3.63) is 35.4 Å². The van der Waals surface area contributed by atoms with Gasteiger partial charge < -0.3 is 0 Å². The van der Waals surface area contributed by atoms with Crippen molar-refractivity contribution in [2.75, 3.05) is 5.75 Å². The molecule has 0 aliphatic carbocycles. The Morgan fingerprint density at radius 3 is 2.47 bits per heavy atom. The number of hydrazine groups is 1. The van der Waals surface area contributed by atoms with Crippen LogP contribution in [0.25, 0.3) is 0 Å². The average Bonchev–Trinajstić information content (AvgIpc) is 2.84. The molecule has 0 amide bonds. The number of hydrogen-bond acceptors (Lipinski definition) is 3. The lowest BCUT2D eigenvalue weighted by molar-refractivity contribution is 0.405. The van der Waals surface area contributed by atoms with Gasteiger partial charge in [-0.05, 0) is 49.0 Å². The molecule has 1 heterocycles. The maximum absolute atomic E-state index is 5.80. The molecule has 1 aromatic carbocycles. The zero-order valence-electron chi connectivity index (χ0n) is 12.3. The molecule has 2 atom stereocenters. The van der Waals surface area contributed by atoms with Crippen LogP contribution in [0.15, 0.2) is 24.3 Å². The van der Waals surface area contributed by atoms with Crippen LogP contribution in [0.2, 0.25) is 0 Å². The molecular weight excluding hydrogens is 252 g/mol. The number of benzene rings is 1. The van der Waals surface area contributed by atoms with E-state index in [1.54, 1.807) is 0 Å². The Balaban J connectivity index is 2.05. The fraction of sp³-hybridized carbons (Fsp3) is 0.625. The summed E-state index contributed by atoms with van der Waals surface area (Å²) in [4.78, 5) is 0. The van der Waals surface area contributed by atoms with E-state index in [0.29, 0.717) is 12.0 Å². The van der Waals surface area contributed by atoms with Crippen molar-refractivity contribution in [3.8, 4) is 0 Å². The van der Waals surface area contributed by atoms with Gasteiger partial charge in [-0.2, -0.15) is 11.8 Å². The standard InChI is InChI=1S/C16H26N2S/c1-12(2)14-7-5-13(6-8-14)11-15(18-17)16(3)9-4-10-19-16/h5-8,12,15,18H,4,9-11,17H2,1-3H3. The van der Waals surface area contributed by atoms with E-state index in [2.05, 4.69) is 62.2 Å². The summed E-state index contributed by atoms with van der Waals surface area (Å²) in [5, 5.41) is 0. The summed E-state index contributed by atoms with van der Waals surface area (Å²) in [5.74, 6) is 7.66. The van der Waals surface area contributed by atoms with Gasteiger partial charge >= 0.3 is 0 Å². The second-order valence-corrected chi connectivity index (χ2v) is 7.71. The molecule has 1 fully saturated rings. The molecular formula is C16H26N2S. The van der Waals surface area contributed by atoms with Crippen molar-refractivity contribution in [1.82, 2.24) is 5.43 Å². The van der Waals surface area contributed by atoms with Gasteiger partial charge in [0.05, 0.1) is 0 Å². The number of thioether (sulfide) groups is 1. The van der Waals surface area contributed by atoms with Crippen LogP contribution in [-0.4, -0.2) is 16.5 Å². The lowest BCUT2D eigenvalue weighted by atomic mass is 9.90. The summed E-state index contributed by atoms with van der Waals surface area (Å²) in [6.07, 6.45) is 3.58. The average molecular weight is 278 g/mol. The highest BCUT2D eigenvalue weighted by molar-refractivity contribution is 8.00. The van der Waals surface area contributed by atoms with E-state index < -0.39 is 0 Å². The molecule has 2 nitrogen and oxygen atoms in total. The van der Waals surface area contributed by atoms with Gasteiger partial charge in [-0.15, -0.1) is 0 Å². The minimum absolute atomic E-state index is 0.283. The van der Waals surface area contributed by atoms with Crippen molar-refractivity contribution in [3.63, 3.8) is 0 Å². The maximum atomic E-state index is 5.80. The molecule has 0 aromatic heterocycles. The SMILES string of the molecule is CC(C)c1ccc(CC(NN)C2(C)CCCS2)cc1. The van der Waals surface area contributed by atoms with E-state index in [-0.39, 0.29) is 4.75 Å². The van der Waals surface area contributed by atoms with Gasteiger partial charge in [0.2, 0.25) is 0 Å². The van der Waals surface area contributed by atoms with Gasteiger partial charge in [0.15, 0.2) is 0 Å². The topological polar surface area (TPSA) is 38.0 Å². The predicted molar refractivity (Wildman–Crippen MR) is 85.4 cm³/mol. The molecule has 1 aromatic rings. The largest absolute Gasteiger partial charge is 0.271 e. The third-order valence-corrected chi connectivity index (χ3v) is 5.91. The highest BCUT2D eigenvalue weighted by Crippen LogP contribution is 2.41. The Labute approximate surface area is 121 Å². The second-order valence-electron chi connectivity index (χ2n) is 6.08. The zero-order chi connectivity index (χ0) is 13.9. The van der Waals surface area contributed by atoms with Crippen LogP contribution in [0, 0.1) is 0 Å². The minimum Gasteiger partial charge on any atom is -0.271 e. The zero-order valence-corrected chi connectivity index (χ0v) is 13.1. The molecule has 3 N–H and O–H groups in total. The molecule has 0 spiro atoms. The van der Waals surface area contributed by atoms with E-state index >= 15 is 0 Å². The van der Waals surface area contributed by atoms with Crippen LogP contribution in [0.4, 0.5) is 0 Å². The molecule has 19 heavy (non-hydrogen) atoms. The Hall–Kier alpha value is -0.510. The molecule has 1 aliphatic rings. The summed E-state index contributed by atoms with van der Waals surface area (Å²) < 4.78 is 0.283. The Morgan fingerprint density at radius 1 is 1.32 bits per heavy atom. The molecule has 0 radical (unpaired) electrons. The quantitative estimate of drug-likeness (QED) is 0.640. The molecule has 0 bridgehead atoms. The molecule has 1 saturated heterocycles. The first-order chi connectivity index (χ1) is 9.05. The highest BCUT2D eigenvalue weighted by Gasteiger charge is 2.37. The van der Waals surface area contributed by atoms with Crippen LogP contribution >= 0.6 is 11.8 Å². The van der Waals surface area contributed by atoms with Gasteiger partial charge in [0.25, 0.3) is 0 Å². The van der Waals surface area contributed by atoms with Crippen LogP contribution in [0.1, 0.15) is 50.7 Å². The van der Waals surface area contributed by atoms with E-state index in [1.165, 1.54) is 29.7 Å². The summed E-state index contributed by atoms with van der Waals surface area (Å²) in [6.45, 7) is 6.81. The van der Waals surface area contributed by atoms with Crippen LogP contribution in [-0.2, 0) is 6.42 Å². The summed E-state index contributed by atoms with van der Waals surface area (Å²) in [6, 6.07) is 9.35. The number of hydrogen-bond donors (Lipinski definition) is 2. The van der Waals surface area contributed by atoms with E-state index in [4.69, 9.17) is 5.84 Å². The fourth-order valence-corrected chi connectivity index (χ4v) is 4.20. The van der Waals surface area contributed by atoms with Crippen molar-refractivity contribution < 1.29 is 0 Å². The van der Waals surface area contributed by atoms with Crippen molar-refractivity contribution in [2.24, 2.45) is 5.84 Å². The first-order valence-corrected chi connectivity index (χ1v) is 8.22. The summed E-state index contributed by atoms with van der Waals surface area (Å²) in [5.41, 5.74) is 5.83. The number of rotatable bonds is 5.